The fourth-order valence-corrected chi connectivity index (χ4v) is 5.59. The van der Waals surface area contributed by atoms with Gasteiger partial charge in [0.1, 0.15) is 11.9 Å². The lowest BCUT2D eigenvalue weighted by atomic mass is 10.00. The molecule has 0 aliphatic rings. The average Bonchev–Trinajstić information content (AvgIpc) is 2.89. The number of anilines is 1. The van der Waals surface area contributed by atoms with Crippen LogP contribution in [0.1, 0.15) is 44.7 Å². The van der Waals surface area contributed by atoms with Gasteiger partial charge < -0.3 is 10.2 Å². The van der Waals surface area contributed by atoms with Gasteiger partial charge >= 0.3 is 0 Å². The van der Waals surface area contributed by atoms with Crippen molar-refractivity contribution in [1.29, 1.82) is 0 Å². The van der Waals surface area contributed by atoms with Crippen LogP contribution in [0, 0.1) is 5.82 Å². The van der Waals surface area contributed by atoms with E-state index in [1.807, 2.05) is 63.2 Å². The first-order chi connectivity index (χ1) is 19.2. The summed E-state index contributed by atoms with van der Waals surface area (Å²) in [6, 6.07) is 20.9. The second-order valence-corrected chi connectivity index (χ2v) is 13.3. The summed E-state index contributed by atoms with van der Waals surface area (Å²) >= 11 is 6.46. The van der Waals surface area contributed by atoms with Gasteiger partial charge in [0.15, 0.2) is 0 Å². The third kappa shape index (κ3) is 9.86. The van der Waals surface area contributed by atoms with Gasteiger partial charge in [0.05, 0.1) is 11.9 Å². The number of sulfonamides is 1. The second kappa shape index (κ2) is 14.0. The Labute approximate surface area is 247 Å². The summed E-state index contributed by atoms with van der Waals surface area (Å²) in [4.78, 5) is 29.0. The third-order valence-corrected chi connectivity index (χ3v) is 7.90. The van der Waals surface area contributed by atoms with Crippen LogP contribution in [0.25, 0.3) is 0 Å². The number of amides is 2. The van der Waals surface area contributed by atoms with Gasteiger partial charge in [-0.15, -0.1) is 0 Å². The van der Waals surface area contributed by atoms with E-state index < -0.39 is 27.4 Å². The number of carbonyl (C=O) groups excluding carboxylic acids is 2. The highest BCUT2D eigenvalue weighted by Crippen LogP contribution is 2.23. The summed E-state index contributed by atoms with van der Waals surface area (Å²) < 4.78 is 39.6. The third-order valence-electron chi connectivity index (χ3n) is 6.33. The summed E-state index contributed by atoms with van der Waals surface area (Å²) in [5.74, 6) is -1.10. The highest BCUT2D eigenvalue weighted by molar-refractivity contribution is 7.92. The van der Waals surface area contributed by atoms with Crippen LogP contribution in [-0.2, 0) is 32.6 Å². The minimum Gasteiger partial charge on any atom is -0.350 e. The molecule has 0 saturated heterocycles. The zero-order valence-corrected chi connectivity index (χ0v) is 25.4. The van der Waals surface area contributed by atoms with Crippen molar-refractivity contribution in [2.45, 2.75) is 58.2 Å². The van der Waals surface area contributed by atoms with Crippen molar-refractivity contribution < 1.29 is 22.4 Å². The quantitative estimate of drug-likeness (QED) is 0.294. The Hall–Kier alpha value is -3.43. The molecule has 10 heteroatoms. The number of halogens is 2. The van der Waals surface area contributed by atoms with Crippen molar-refractivity contribution in [3.05, 3.63) is 101 Å². The number of carbonyl (C=O) groups is 2. The van der Waals surface area contributed by atoms with Gasteiger partial charge in [-0.05, 0) is 68.7 Å². The molecule has 0 aliphatic heterocycles. The van der Waals surface area contributed by atoms with Gasteiger partial charge in [0, 0.05) is 36.5 Å². The molecule has 0 unspecified atom stereocenters. The second-order valence-electron chi connectivity index (χ2n) is 11.0. The fraction of sp³-hybridized carbons (Fsp3) is 0.355. The molecular weight excluding hydrogens is 565 g/mol. The first-order valence-electron chi connectivity index (χ1n) is 13.4. The van der Waals surface area contributed by atoms with Crippen molar-refractivity contribution in [2.75, 3.05) is 17.1 Å². The van der Waals surface area contributed by atoms with Gasteiger partial charge in [-0.2, -0.15) is 0 Å². The fourth-order valence-electron chi connectivity index (χ4n) is 4.43. The maximum Gasteiger partial charge on any atom is 0.243 e. The van der Waals surface area contributed by atoms with Crippen molar-refractivity contribution in [1.82, 2.24) is 10.2 Å². The zero-order chi connectivity index (χ0) is 30.2. The minimum absolute atomic E-state index is 0.00762. The summed E-state index contributed by atoms with van der Waals surface area (Å²) in [5, 5.41) is 3.48. The van der Waals surface area contributed by atoms with Crippen LogP contribution in [-0.4, -0.2) is 49.5 Å². The SMILES string of the molecule is CC(C)(C)NC(=O)[C@@H](Cc1ccccc1)N(Cc1ccccc1Cl)C(=O)CCCN(c1ccc(F)cc1)S(C)(=O)=O. The Bertz CT molecular complexity index is 1430. The van der Waals surface area contributed by atoms with E-state index in [9.17, 15) is 22.4 Å². The standard InChI is InChI=1S/C31H37ClFN3O4S/c1-31(2,3)34-30(38)28(21-23-11-6-5-7-12-23)35(22-24-13-8-9-14-27(24)32)29(37)15-10-20-36(41(4,39)40)26-18-16-25(33)17-19-26/h5-9,11-14,16-19,28H,10,15,20-22H2,1-4H3,(H,34,38)/t28-/m1/s1. The van der Waals surface area contributed by atoms with Crippen LogP contribution >= 0.6 is 11.6 Å². The van der Waals surface area contributed by atoms with Crippen LogP contribution in [0.4, 0.5) is 10.1 Å². The molecule has 1 atom stereocenters. The molecule has 0 saturated carbocycles. The zero-order valence-electron chi connectivity index (χ0n) is 23.8. The lowest BCUT2D eigenvalue weighted by Gasteiger charge is -2.34. The van der Waals surface area contributed by atoms with E-state index in [4.69, 9.17) is 11.6 Å². The minimum atomic E-state index is -3.69. The number of nitrogens with one attached hydrogen (secondary N) is 1. The Balaban J connectivity index is 1.91. The van der Waals surface area contributed by atoms with Gasteiger partial charge in [-0.1, -0.05) is 60.1 Å². The van der Waals surface area contributed by atoms with Crippen LogP contribution < -0.4 is 9.62 Å². The lowest BCUT2D eigenvalue weighted by molar-refractivity contribution is -0.142. The van der Waals surface area contributed by atoms with Crippen LogP contribution in [0.15, 0.2) is 78.9 Å². The first kappa shape index (κ1) is 32.1. The van der Waals surface area contributed by atoms with Crippen molar-refractivity contribution in [3.63, 3.8) is 0 Å². The van der Waals surface area contributed by atoms with E-state index >= 15 is 0 Å². The Morgan fingerprint density at radius 3 is 2.15 bits per heavy atom. The maximum absolute atomic E-state index is 13.9. The highest BCUT2D eigenvalue weighted by Gasteiger charge is 2.32. The number of nitrogens with zero attached hydrogens (tertiary/aromatic N) is 2. The highest BCUT2D eigenvalue weighted by atomic mass is 35.5. The molecule has 0 heterocycles. The van der Waals surface area contributed by atoms with E-state index in [2.05, 4.69) is 5.32 Å². The predicted molar refractivity (Wildman–Crippen MR) is 162 cm³/mol. The number of hydrogen-bond acceptors (Lipinski definition) is 4. The maximum atomic E-state index is 13.9. The number of rotatable bonds is 12. The Kier molecular flexibility index (Phi) is 10.9. The summed E-state index contributed by atoms with van der Waals surface area (Å²) in [6.07, 6.45) is 1.51. The van der Waals surface area contributed by atoms with Gasteiger partial charge in [-0.25, -0.2) is 12.8 Å². The smallest absolute Gasteiger partial charge is 0.243 e. The summed E-state index contributed by atoms with van der Waals surface area (Å²) in [5.41, 5.74) is 1.35. The van der Waals surface area contributed by atoms with Crippen molar-refractivity contribution in [3.8, 4) is 0 Å². The molecule has 0 aromatic heterocycles. The normalized spacial score (nSPS) is 12.4. The molecular formula is C31H37ClFN3O4S. The molecule has 0 radical (unpaired) electrons. The van der Waals surface area contributed by atoms with Crippen LogP contribution in [0.2, 0.25) is 5.02 Å². The van der Waals surface area contributed by atoms with Gasteiger partial charge in [0.25, 0.3) is 0 Å². The molecule has 3 rings (SSSR count). The van der Waals surface area contributed by atoms with E-state index in [0.717, 1.165) is 16.1 Å². The Morgan fingerprint density at radius 1 is 0.951 bits per heavy atom. The summed E-state index contributed by atoms with van der Waals surface area (Å²) in [6.45, 7) is 5.73. The molecule has 0 aliphatic carbocycles. The lowest BCUT2D eigenvalue weighted by Crippen LogP contribution is -2.54. The molecule has 0 spiro atoms. The van der Waals surface area contributed by atoms with E-state index in [0.29, 0.717) is 16.3 Å². The van der Waals surface area contributed by atoms with Crippen molar-refractivity contribution in [2.24, 2.45) is 0 Å². The topological polar surface area (TPSA) is 86.8 Å². The average molecular weight is 602 g/mol. The summed E-state index contributed by atoms with van der Waals surface area (Å²) in [7, 11) is -3.69. The number of benzene rings is 3. The van der Waals surface area contributed by atoms with Gasteiger partial charge in [-0.3, -0.25) is 13.9 Å². The molecule has 0 fully saturated rings. The monoisotopic (exact) mass is 601 g/mol. The number of hydrogen-bond donors (Lipinski definition) is 1. The van der Waals surface area contributed by atoms with Crippen molar-refractivity contribution >= 4 is 39.1 Å². The van der Waals surface area contributed by atoms with Gasteiger partial charge in [0.2, 0.25) is 21.8 Å². The molecule has 1 N–H and O–H groups in total. The molecule has 220 valence electrons. The van der Waals surface area contributed by atoms with Crippen LogP contribution in [0.3, 0.4) is 0 Å². The molecule has 7 nitrogen and oxygen atoms in total. The molecule has 0 bridgehead atoms. The largest absolute Gasteiger partial charge is 0.350 e. The molecule has 3 aromatic carbocycles. The van der Waals surface area contributed by atoms with Crippen LogP contribution in [0.5, 0.6) is 0 Å². The first-order valence-corrected chi connectivity index (χ1v) is 15.6. The molecule has 2 amide bonds. The van der Waals surface area contributed by atoms with E-state index in [1.165, 1.54) is 29.2 Å². The predicted octanol–water partition coefficient (Wildman–Crippen LogP) is 5.58. The molecule has 41 heavy (non-hydrogen) atoms. The van der Waals surface area contributed by atoms with E-state index in [1.54, 1.807) is 12.1 Å². The Morgan fingerprint density at radius 2 is 1.56 bits per heavy atom. The molecule has 3 aromatic rings. The van der Waals surface area contributed by atoms with E-state index in [-0.39, 0.29) is 44.2 Å².